The maximum atomic E-state index is 11.9. The first-order valence-electron chi connectivity index (χ1n) is 6.69. The van der Waals surface area contributed by atoms with Crippen LogP contribution in [0.3, 0.4) is 0 Å². The average molecular weight is 290 g/mol. The Kier molecular flexibility index (Phi) is 4.59. The molecule has 0 aliphatic heterocycles. The Bertz CT molecular complexity index is 659. The van der Waals surface area contributed by atoms with Gasteiger partial charge in [-0.1, -0.05) is 6.92 Å². The Hall–Kier alpha value is -2.34. The van der Waals surface area contributed by atoms with Crippen molar-refractivity contribution in [3.63, 3.8) is 0 Å². The van der Waals surface area contributed by atoms with E-state index < -0.39 is 12.1 Å². The van der Waals surface area contributed by atoms with Crippen LogP contribution in [0.5, 0.6) is 0 Å². The van der Waals surface area contributed by atoms with Gasteiger partial charge in [-0.15, -0.1) is 0 Å². The molecule has 0 radical (unpaired) electrons. The predicted molar refractivity (Wildman–Crippen MR) is 79.3 cm³/mol. The van der Waals surface area contributed by atoms with Crippen LogP contribution < -0.4 is 5.32 Å². The lowest BCUT2D eigenvalue weighted by atomic mass is 10.2. The van der Waals surface area contributed by atoms with Crippen LogP contribution in [-0.4, -0.2) is 34.8 Å². The molecule has 0 saturated heterocycles. The Morgan fingerprint density at radius 3 is 2.76 bits per heavy atom. The van der Waals surface area contributed by atoms with Crippen molar-refractivity contribution < 1.29 is 19.4 Å². The van der Waals surface area contributed by atoms with Crippen molar-refractivity contribution in [2.24, 2.45) is 0 Å². The topological polar surface area (TPSA) is 80.6 Å². The van der Waals surface area contributed by atoms with Gasteiger partial charge in [-0.3, -0.25) is 9.59 Å². The normalized spacial score (nSPS) is 12.3. The molecule has 0 spiro atoms. The zero-order valence-electron chi connectivity index (χ0n) is 12.0. The minimum atomic E-state index is -0.893. The number of amides is 1. The fraction of sp³-hybridized carbons (Fsp3) is 0.333. The van der Waals surface area contributed by atoms with E-state index in [9.17, 15) is 9.59 Å². The summed E-state index contributed by atoms with van der Waals surface area (Å²) in [6.07, 6.45) is 1.84. The Morgan fingerprint density at radius 1 is 1.38 bits per heavy atom. The van der Waals surface area contributed by atoms with Crippen LogP contribution >= 0.6 is 0 Å². The van der Waals surface area contributed by atoms with Gasteiger partial charge in [-0.2, -0.15) is 0 Å². The van der Waals surface area contributed by atoms with E-state index in [4.69, 9.17) is 9.84 Å². The number of methoxy groups -OCH3 is 1. The number of benzene rings is 1. The molecule has 1 atom stereocenters. The predicted octanol–water partition coefficient (Wildman–Crippen LogP) is 2.09. The average Bonchev–Trinajstić information content (AvgIpc) is 2.82. The number of nitrogens with one attached hydrogen (secondary N) is 1. The second kappa shape index (κ2) is 6.41. The maximum absolute atomic E-state index is 11.9. The number of hydrogen-bond acceptors (Lipinski definition) is 3. The van der Waals surface area contributed by atoms with Gasteiger partial charge in [0.25, 0.3) is 5.91 Å². The SMILES string of the molecule is CCC(OC)C(=O)Nc1ccc2c(ccn2CC(=O)O)c1. The highest BCUT2D eigenvalue weighted by molar-refractivity contribution is 5.96. The number of nitrogens with zero attached hydrogens (tertiary/aromatic N) is 1. The number of carbonyl (C=O) groups is 2. The number of anilines is 1. The highest BCUT2D eigenvalue weighted by Crippen LogP contribution is 2.21. The molecule has 0 aliphatic carbocycles. The Labute approximate surface area is 122 Å². The van der Waals surface area contributed by atoms with E-state index in [1.165, 1.54) is 7.11 Å². The lowest BCUT2D eigenvalue weighted by Gasteiger charge is -2.13. The third-order valence-electron chi connectivity index (χ3n) is 3.29. The molecule has 2 rings (SSSR count). The first-order valence-corrected chi connectivity index (χ1v) is 6.69. The number of hydrogen-bond donors (Lipinski definition) is 2. The largest absolute Gasteiger partial charge is 0.480 e. The number of aromatic nitrogens is 1. The van der Waals surface area contributed by atoms with Gasteiger partial charge in [-0.25, -0.2) is 0 Å². The Morgan fingerprint density at radius 2 is 2.14 bits per heavy atom. The fourth-order valence-corrected chi connectivity index (χ4v) is 2.24. The van der Waals surface area contributed by atoms with Gasteiger partial charge in [-0.05, 0) is 30.7 Å². The van der Waals surface area contributed by atoms with Crippen molar-refractivity contribution in [2.45, 2.75) is 26.0 Å². The van der Waals surface area contributed by atoms with E-state index >= 15 is 0 Å². The lowest BCUT2D eigenvalue weighted by molar-refractivity contribution is -0.137. The molecular weight excluding hydrogens is 272 g/mol. The van der Waals surface area contributed by atoms with Gasteiger partial charge in [0.2, 0.25) is 0 Å². The summed E-state index contributed by atoms with van der Waals surface area (Å²) in [4.78, 5) is 22.7. The van der Waals surface area contributed by atoms with E-state index in [1.807, 2.05) is 19.1 Å². The highest BCUT2D eigenvalue weighted by Gasteiger charge is 2.15. The molecule has 0 bridgehead atoms. The lowest BCUT2D eigenvalue weighted by Crippen LogP contribution is -2.28. The molecule has 2 aromatic rings. The summed E-state index contributed by atoms with van der Waals surface area (Å²) in [6.45, 7) is 1.79. The minimum Gasteiger partial charge on any atom is -0.480 e. The number of aliphatic carboxylic acids is 1. The molecule has 1 aromatic heterocycles. The molecule has 6 heteroatoms. The Balaban J connectivity index is 2.20. The molecule has 1 unspecified atom stereocenters. The third-order valence-corrected chi connectivity index (χ3v) is 3.29. The zero-order valence-corrected chi connectivity index (χ0v) is 12.0. The molecule has 1 heterocycles. The fourth-order valence-electron chi connectivity index (χ4n) is 2.24. The minimum absolute atomic E-state index is 0.0865. The molecule has 0 fully saturated rings. The van der Waals surface area contributed by atoms with E-state index in [0.717, 1.165) is 10.9 Å². The molecule has 1 aromatic carbocycles. The number of fused-ring (bicyclic) bond motifs is 1. The van der Waals surface area contributed by atoms with Gasteiger partial charge < -0.3 is 19.7 Å². The van der Waals surface area contributed by atoms with E-state index in [2.05, 4.69) is 5.32 Å². The number of carboxylic acids is 1. The molecule has 2 N–H and O–H groups in total. The summed E-state index contributed by atoms with van der Waals surface area (Å²) in [5.74, 6) is -1.08. The van der Waals surface area contributed by atoms with Crippen molar-refractivity contribution in [3.8, 4) is 0 Å². The summed E-state index contributed by atoms with van der Waals surface area (Å²) in [5, 5.41) is 12.5. The van der Waals surface area contributed by atoms with Gasteiger partial charge in [0.1, 0.15) is 12.6 Å². The van der Waals surface area contributed by atoms with Crippen molar-refractivity contribution in [2.75, 3.05) is 12.4 Å². The van der Waals surface area contributed by atoms with Crippen LogP contribution in [0.1, 0.15) is 13.3 Å². The molecule has 0 aliphatic rings. The summed E-state index contributed by atoms with van der Waals surface area (Å²) < 4.78 is 6.73. The number of carboxylic acid groups (broad SMARTS) is 1. The molecular formula is C15H18N2O4. The van der Waals surface area contributed by atoms with Crippen molar-refractivity contribution in [3.05, 3.63) is 30.5 Å². The van der Waals surface area contributed by atoms with Crippen LogP contribution in [0.25, 0.3) is 10.9 Å². The number of carbonyl (C=O) groups excluding carboxylic acids is 1. The van der Waals surface area contributed by atoms with Crippen molar-refractivity contribution >= 4 is 28.5 Å². The summed E-state index contributed by atoms with van der Waals surface area (Å²) >= 11 is 0. The monoisotopic (exact) mass is 290 g/mol. The van der Waals surface area contributed by atoms with Gasteiger partial charge in [0, 0.05) is 29.9 Å². The maximum Gasteiger partial charge on any atom is 0.323 e. The van der Waals surface area contributed by atoms with Gasteiger partial charge in [0.05, 0.1) is 0 Å². The van der Waals surface area contributed by atoms with Crippen LogP contribution in [-0.2, 0) is 20.9 Å². The molecule has 0 saturated carbocycles. The van der Waals surface area contributed by atoms with Gasteiger partial charge >= 0.3 is 5.97 Å². The van der Waals surface area contributed by atoms with E-state index in [1.54, 1.807) is 22.9 Å². The molecule has 6 nitrogen and oxygen atoms in total. The van der Waals surface area contributed by atoms with E-state index in [-0.39, 0.29) is 12.5 Å². The molecule has 21 heavy (non-hydrogen) atoms. The third kappa shape index (κ3) is 3.41. The van der Waals surface area contributed by atoms with E-state index in [0.29, 0.717) is 12.1 Å². The van der Waals surface area contributed by atoms with Crippen LogP contribution in [0, 0.1) is 0 Å². The van der Waals surface area contributed by atoms with Crippen LogP contribution in [0.15, 0.2) is 30.5 Å². The number of ether oxygens (including phenoxy) is 1. The van der Waals surface area contributed by atoms with Crippen molar-refractivity contribution in [1.82, 2.24) is 4.57 Å². The molecule has 112 valence electrons. The van der Waals surface area contributed by atoms with Crippen molar-refractivity contribution in [1.29, 1.82) is 0 Å². The first-order chi connectivity index (χ1) is 10.0. The second-order valence-corrected chi connectivity index (χ2v) is 4.73. The molecule has 1 amide bonds. The zero-order chi connectivity index (χ0) is 15.4. The summed E-state index contributed by atoms with van der Waals surface area (Å²) in [7, 11) is 1.50. The van der Waals surface area contributed by atoms with Crippen LogP contribution in [0.4, 0.5) is 5.69 Å². The standard InChI is InChI=1S/C15H18N2O4/c1-3-13(21-2)15(20)16-11-4-5-12-10(8-11)6-7-17(12)9-14(18)19/h4-8,13H,3,9H2,1-2H3,(H,16,20)(H,18,19). The highest BCUT2D eigenvalue weighted by atomic mass is 16.5. The number of rotatable bonds is 6. The quantitative estimate of drug-likeness (QED) is 0.853. The second-order valence-electron chi connectivity index (χ2n) is 4.73. The summed E-state index contributed by atoms with van der Waals surface area (Å²) in [5.41, 5.74) is 1.48. The smallest absolute Gasteiger partial charge is 0.323 e. The summed E-state index contributed by atoms with van der Waals surface area (Å²) in [6, 6.07) is 7.18. The first kappa shape index (κ1) is 15.1. The van der Waals surface area contributed by atoms with Crippen LogP contribution in [0.2, 0.25) is 0 Å². The van der Waals surface area contributed by atoms with Gasteiger partial charge in [0.15, 0.2) is 0 Å².